The number of hydrogen-bond acceptors (Lipinski definition) is 4. The summed E-state index contributed by atoms with van der Waals surface area (Å²) in [5.41, 5.74) is 7.03. The summed E-state index contributed by atoms with van der Waals surface area (Å²) in [5, 5.41) is 0. The molecule has 1 aromatic heterocycles. The van der Waals surface area contributed by atoms with Crippen LogP contribution in [0.1, 0.15) is 25.5 Å². The molecular formula is C13H21N3O. The standard InChI is InChI=1S/C13H21N3O/c1-10-8-11(14)6-7-16(10)9-12-4-3-5-13(15-12)17-2/h3-5,10-11H,6-9,14H2,1-2H3. The molecule has 4 heteroatoms. The smallest absolute Gasteiger partial charge is 0.213 e. The zero-order chi connectivity index (χ0) is 12.3. The van der Waals surface area contributed by atoms with E-state index in [4.69, 9.17) is 10.5 Å². The van der Waals surface area contributed by atoms with E-state index in [1.807, 2.05) is 18.2 Å². The third-order valence-electron chi connectivity index (χ3n) is 3.41. The Balaban J connectivity index is 2.00. The molecule has 0 spiro atoms. The Bertz CT molecular complexity index is 369. The van der Waals surface area contributed by atoms with Gasteiger partial charge in [0.05, 0.1) is 12.8 Å². The van der Waals surface area contributed by atoms with Gasteiger partial charge in [-0.05, 0) is 25.8 Å². The van der Waals surface area contributed by atoms with E-state index in [0.717, 1.165) is 31.6 Å². The van der Waals surface area contributed by atoms with Crippen molar-refractivity contribution in [2.45, 2.75) is 38.4 Å². The normalized spacial score (nSPS) is 25.8. The highest BCUT2D eigenvalue weighted by molar-refractivity contribution is 5.15. The third-order valence-corrected chi connectivity index (χ3v) is 3.41. The summed E-state index contributed by atoms with van der Waals surface area (Å²) in [6.07, 6.45) is 2.15. The van der Waals surface area contributed by atoms with Crippen LogP contribution in [0.15, 0.2) is 18.2 Å². The predicted molar refractivity (Wildman–Crippen MR) is 67.9 cm³/mol. The van der Waals surface area contributed by atoms with Crippen LogP contribution in [0.3, 0.4) is 0 Å². The molecule has 1 aromatic rings. The fourth-order valence-corrected chi connectivity index (χ4v) is 2.36. The molecule has 0 amide bonds. The van der Waals surface area contributed by atoms with E-state index in [-0.39, 0.29) is 0 Å². The lowest BCUT2D eigenvalue weighted by Gasteiger charge is -2.36. The molecule has 1 fully saturated rings. The first kappa shape index (κ1) is 12.3. The number of methoxy groups -OCH3 is 1. The van der Waals surface area contributed by atoms with Crippen LogP contribution in [0.4, 0.5) is 0 Å². The highest BCUT2D eigenvalue weighted by Crippen LogP contribution is 2.18. The molecule has 1 saturated heterocycles. The molecule has 4 nitrogen and oxygen atoms in total. The monoisotopic (exact) mass is 235 g/mol. The number of likely N-dealkylation sites (tertiary alicyclic amines) is 1. The van der Waals surface area contributed by atoms with Gasteiger partial charge in [-0.2, -0.15) is 0 Å². The Morgan fingerprint density at radius 3 is 3.06 bits per heavy atom. The van der Waals surface area contributed by atoms with Gasteiger partial charge in [-0.3, -0.25) is 4.90 Å². The Morgan fingerprint density at radius 1 is 1.53 bits per heavy atom. The van der Waals surface area contributed by atoms with Crippen molar-refractivity contribution in [1.29, 1.82) is 0 Å². The number of ether oxygens (including phenoxy) is 1. The van der Waals surface area contributed by atoms with Gasteiger partial charge in [0.2, 0.25) is 5.88 Å². The van der Waals surface area contributed by atoms with Crippen LogP contribution >= 0.6 is 0 Å². The maximum absolute atomic E-state index is 5.96. The summed E-state index contributed by atoms with van der Waals surface area (Å²) < 4.78 is 5.14. The van der Waals surface area contributed by atoms with E-state index in [0.29, 0.717) is 18.0 Å². The molecule has 0 aliphatic carbocycles. The van der Waals surface area contributed by atoms with Gasteiger partial charge in [0.1, 0.15) is 0 Å². The first-order valence-electron chi connectivity index (χ1n) is 6.18. The average Bonchev–Trinajstić information content (AvgIpc) is 2.33. The Labute approximate surface area is 103 Å². The molecular weight excluding hydrogens is 214 g/mol. The van der Waals surface area contributed by atoms with Crippen molar-refractivity contribution in [3.8, 4) is 5.88 Å². The van der Waals surface area contributed by atoms with Gasteiger partial charge >= 0.3 is 0 Å². The summed E-state index contributed by atoms with van der Waals surface area (Å²) in [7, 11) is 1.65. The van der Waals surface area contributed by atoms with Gasteiger partial charge in [-0.25, -0.2) is 4.98 Å². The fourth-order valence-electron chi connectivity index (χ4n) is 2.36. The maximum Gasteiger partial charge on any atom is 0.213 e. The topological polar surface area (TPSA) is 51.4 Å². The van der Waals surface area contributed by atoms with Crippen LogP contribution in [0.2, 0.25) is 0 Å². The van der Waals surface area contributed by atoms with E-state index in [2.05, 4.69) is 16.8 Å². The predicted octanol–water partition coefficient (Wildman–Crippen LogP) is 1.40. The van der Waals surface area contributed by atoms with E-state index in [9.17, 15) is 0 Å². The lowest BCUT2D eigenvalue weighted by atomic mass is 9.99. The van der Waals surface area contributed by atoms with Crippen molar-refractivity contribution in [3.63, 3.8) is 0 Å². The molecule has 2 atom stereocenters. The number of pyridine rings is 1. The van der Waals surface area contributed by atoms with E-state index in [1.165, 1.54) is 0 Å². The van der Waals surface area contributed by atoms with Crippen molar-refractivity contribution >= 4 is 0 Å². The SMILES string of the molecule is COc1cccc(CN2CCC(N)CC2C)n1. The van der Waals surface area contributed by atoms with E-state index < -0.39 is 0 Å². The van der Waals surface area contributed by atoms with Gasteiger partial charge in [-0.15, -0.1) is 0 Å². The number of rotatable bonds is 3. The van der Waals surface area contributed by atoms with Crippen molar-refractivity contribution < 1.29 is 4.74 Å². The highest BCUT2D eigenvalue weighted by Gasteiger charge is 2.23. The summed E-state index contributed by atoms with van der Waals surface area (Å²) >= 11 is 0. The summed E-state index contributed by atoms with van der Waals surface area (Å²) in [4.78, 5) is 6.88. The van der Waals surface area contributed by atoms with Gasteiger partial charge < -0.3 is 10.5 Å². The maximum atomic E-state index is 5.96. The first-order valence-corrected chi connectivity index (χ1v) is 6.18. The molecule has 0 aromatic carbocycles. The molecule has 1 aliphatic rings. The van der Waals surface area contributed by atoms with Crippen molar-refractivity contribution in [2.24, 2.45) is 5.73 Å². The summed E-state index contributed by atoms with van der Waals surface area (Å²) in [6, 6.07) is 6.80. The second kappa shape index (κ2) is 5.47. The number of hydrogen-bond donors (Lipinski definition) is 1. The molecule has 2 unspecified atom stereocenters. The van der Waals surface area contributed by atoms with Crippen LogP contribution < -0.4 is 10.5 Å². The lowest BCUT2D eigenvalue weighted by molar-refractivity contribution is 0.138. The summed E-state index contributed by atoms with van der Waals surface area (Å²) in [5.74, 6) is 0.684. The zero-order valence-corrected chi connectivity index (χ0v) is 10.6. The van der Waals surface area contributed by atoms with Crippen LogP contribution in [-0.2, 0) is 6.54 Å². The molecule has 17 heavy (non-hydrogen) atoms. The van der Waals surface area contributed by atoms with Crippen LogP contribution in [0.5, 0.6) is 5.88 Å². The van der Waals surface area contributed by atoms with Gasteiger partial charge in [-0.1, -0.05) is 6.07 Å². The Hall–Kier alpha value is -1.13. The second-order valence-corrected chi connectivity index (χ2v) is 4.78. The number of aromatic nitrogens is 1. The molecule has 2 rings (SSSR count). The van der Waals surface area contributed by atoms with E-state index >= 15 is 0 Å². The quantitative estimate of drug-likeness (QED) is 0.860. The lowest BCUT2D eigenvalue weighted by Crippen LogP contribution is -2.45. The van der Waals surface area contributed by atoms with Crippen molar-refractivity contribution in [3.05, 3.63) is 23.9 Å². The average molecular weight is 235 g/mol. The largest absolute Gasteiger partial charge is 0.481 e. The fraction of sp³-hybridized carbons (Fsp3) is 0.615. The second-order valence-electron chi connectivity index (χ2n) is 4.78. The van der Waals surface area contributed by atoms with Crippen molar-refractivity contribution in [1.82, 2.24) is 9.88 Å². The van der Waals surface area contributed by atoms with Gasteiger partial charge in [0.25, 0.3) is 0 Å². The third kappa shape index (κ3) is 3.17. The number of nitrogens with zero attached hydrogens (tertiary/aromatic N) is 2. The van der Waals surface area contributed by atoms with Gasteiger partial charge in [0, 0.05) is 31.2 Å². The molecule has 0 bridgehead atoms. The minimum absolute atomic E-state index is 0.361. The molecule has 94 valence electrons. The molecule has 2 N–H and O–H groups in total. The Morgan fingerprint density at radius 2 is 2.35 bits per heavy atom. The Kier molecular flexibility index (Phi) is 3.97. The molecule has 0 saturated carbocycles. The van der Waals surface area contributed by atoms with Crippen molar-refractivity contribution in [2.75, 3.05) is 13.7 Å². The van der Waals surface area contributed by atoms with Gasteiger partial charge in [0.15, 0.2) is 0 Å². The summed E-state index contributed by atoms with van der Waals surface area (Å²) in [6.45, 7) is 4.17. The van der Waals surface area contributed by atoms with Crippen LogP contribution in [0, 0.1) is 0 Å². The molecule has 2 heterocycles. The number of nitrogens with two attached hydrogens (primary N) is 1. The molecule has 0 radical (unpaired) electrons. The van der Waals surface area contributed by atoms with E-state index in [1.54, 1.807) is 7.11 Å². The number of piperidine rings is 1. The molecule has 1 aliphatic heterocycles. The van der Waals surface area contributed by atoms with Crippen LogP contribution in [0.25, 0.3) is 0 Å². The minimum Gasteiger partial charge on any atom is -0.481 e. The van der Waals surface area contributed by atoms with Crippen LogP contribution in [-0.4, -0.2) is 35.6 Å². The minimum atomic E-state index is 0.361. The first-order chi connectivity index (χ1) is 8.19. The zero-order valence-electron chi connectivity index (χ0n) is 10.6. The highest BCUT2D eigenvalue weighted by atomic mass is 16.5.